The number of carbonyl (C=O) groups excluding carboxylic acids is 1. The van der Waals surface area contributed by atoms with Crippen molar-refractivity contribution in [2.24, 2.45) is 11.8 Å². The van der Waals surface area contributed by atoms with Gasteiger partial charge in [-0.1, -0.05) is 27.7 Å². The van der Waals surface area contributed by atoms with E-state index >= 15 is 0 Å². The highest BCUT2D eigenvalue weighted by molar-refractivity contribution is 5.97. The summed E-state index contributed by atoms with van der Waals surface area (Å²) >= 11 is 0. The number of nitrogen functional groups attached to an aromatic ring is 1. The van der Waals surface area contributed by atoms with Crippen LogP contribution in [0.25, 0.3) is 0 Å². The van der Waals surface area contributed by atoms with Gasteiger partial charge in [-0.2, -0.15) is 0 Å². The summed E-state index contributed by atoms with van der Waals surface area (Å²) in [6.07, 6.45) is 2.71. The van der Waals surface area contributed by atoms with Gasteiger partial charge in [0, 0.05) is 19.0 Å². The van der Waals surface area contributed by atoms with E-state index in [0.29, 0.717) is 29.0 Å². The highest BCUT2D eigenvalue weighted by Crippen LogP contribution is 2.23. The molecular weight excluding hydrogens is 252 g/mol. The minimum Gasteiger partial charge on any atom is -0.396 e. The summed E-state index contributed by atoms with van der Waals surface area (Å²) < 4.78 is 0. The van der Waals surface area contributed by atoms with Crippen LogP contribution in [0.2, 0.25) is 0 Å². The molecule has 0 aromatic carbocycles. The molecule has 1 aromatic rings. The van der Waals surface area contributed by atoms with Gasteiger partial charge in [-0.3, -0.25) is 4.79 Å². The van der Waals surface area contributed by atoms with Crippen LogP contribution in [0, 0.1) is 11.8 Å². The Hall–Kier alpha value is -1.65. The lowest BCUT2D eigenvalue weighted by Crippen LogP contribution is -2.43. The van der Waals surface area contributed by atoms with E-state index in [2.05, 4.69) is 23.8 Å². The van der Waals surface area contributed by atoms with E-state index in [4.69, 9.17) is 5.73 Å². The molecule has 1 aliphatic rings. The Kier molecular flexibility index (Phi) is 4.26. The van der Waals surface area contributed by atoms with Crippen LogP contribution in [-0.4, -0.2) is 33.9 Å². The second-order valence-electron chi connectivity index (χ2n) is 6.34. The van der Waals surface area contributed by atoms with E-state index in [9.17, 15) is 4.79 Å². The number of anilines is 1. The lowest BCUT2D eigenvalue weighted by Gasteiger charge is -2.35. The van der Waals surface area contributed by atoms with Crippen LogP contribution in [0.1, 0.15) is 56.3 Å². The first kappa shape index (κ1) is 14.8. The molecule has 0 radical (unpaired) electrons. The molecule has 2 unspecified atom stereocenters. The molecule has 0 spiro atoms. The maximum atomic E-state index is 12.6. The Bertz CT molecular complexity index is 491. The van der Waals surface area contributed by atoms with Gasteiger partial charge < -0.3 is 10.6 Å². The van der Waals surface area contributed by atoms with Gasteiger partial charge in [0.2, 0.25) is 0 Å². The van der Waals surface area contributed by atoms with Crippen LogP contribution in [0.3, 0.4) is 0 Å². The molecule has 0 bridgehead atoms. The Morgan fingerprint density at radius 2 is 1.95 bits per heavy atom. The van der Waals surface area contributed by atoms with Gasteiger partial charge in [-0.05, 0) is 18.3 Å². The Balaban J connectivity index is 2.26. The summed E-state index contributed by atoms with van der Waals surface area (Å²) in [5.41, 5.74) is 6.61. The number of likely N-dealkylation sites (tertiary alicyclic amines) is 1. The minimum absolute atomic E-state index is 0.0646. The molecule has 2 heterocycles. The summed E-state index contributed by atoms with van der Waals surface area (Å²) in [6.45, 7) is 9.93. The van der Waals surface area contributed by atoms with Gasteiger partial charge in [-0.25, -0.2) is 9.97 Å². The predicted octanol–water partition coefficient (Wildman–Crippen LogP) is 2.30. The molecule has 5 heteroatoms. The molecule has 0 saturated carbocycles. The molecule has 1 aromatic heterocycles. The molecule has 2 N–H and O–H groups in total. The molecule has 1 saturated heterocycles. The van der Waals surface area contributed by atoms with Crippen molar-refractivity contribution in [1.29, 1.82) is 0 Å². The highest BCUT2D eigenvalue weighted by atomic mass is 16.2. The van der Waals surface area contributed by atoms with Crippen LogP contribution in [0.15, 0.2) is 6.20 Å². The van der Waals surface area contributed by atoms with Gasteiger partial charge in [0.1, 0.15) is 5.82 Å². The van der Waals surface area contributed by atoms with Gasteiger partial charge in [0.15, 0.2) is 5.69 Å². The van der Waals surface area contributed by atoms with Gasteiger partial charge in [0.05, 0.1) is 11.9 Å². The average Bonchev–Trinajstić information content (AvgIpc) is 2.37. The first-order valence-electron chi connectivity index (χ1n) is 7.30. The fourth-order valence-electron chi connectivity index (χ4n) is 2.83. The van der Waals surface area contributed by atoms with Crippen molar-refractivity contribution in [3.63, 3.8) is 0 Å². The Morgan fingerprint density at radius 1 is 1.35 bits per heavy atom. The maximum Gasteiger partial charge on any atom is 0.274 e. The van der Waals surface area contributed by atoms with E-state index in [1.165, 1.54) is 6.42 Å². The lowest BCUT2D eigenvalue weighted by atomic mass is 9.91. The first-order valence-corrected chi connectivity index (χ1v) is 7.30. The number of piperidine rings is 1. The molecule has 2 rings (SSSR count). The third-order valence-corrected chi connectivity index (χ3v) is 3.71. The number of hydrogen-bond donors (Lipinski definition) is 1. The van der Waals surface area contributed by atoms with Crippen molar-refractivity contribution in [3.8, 4) is 0 Å². The van der Waals surface area contributed by atoms with Crippen molar-refractivity contribution in [2.45, 2.75) is 40.0 Å². The van der Waals surface area contributed by atoms with Crippen LogP contribution < -0.4 is 5.73 Å². The van der Waals surface area contributed by atoms with E-state index in [1.807, 2.05) is 18.7 Å². The summed E-state index contributed by atoms with van der Waals surface area (Å²) in [7, 11) is 0. The molecule has 1 aliphatic heterocycles. The minimum atomic E-state index is -0.0646. The summed E-state index contributed by atoms with van der Waals surface area (Å²) in [5, 5.41) is 0. The molecule has 1 fully saturated rings. The average molecular weight is 276 g/mol. The summed E-state index contributed by atoms with van der Waals surface area (Å²) in [6, 6.07) is 0. The SMILES string of the molecule is CC1CC(C)CN(C(=O)c2nc(C(C)C)ncc2N)C1. The lowest BCUT2D eigenvalue weighted by molar-refractivity contribution is 0.0618. The number of aromatic nitrogens is 2. The number of nitrogens with two attached hydrogens (primary N) is 1. The third kappa shape index (κ3) is 3.08. The van der Waals surface area contributed by atoms with Crippen LogP contribution in [-0.2, 0) is 0 Å². The molecule has 2 atom stereocenters. The quantitative estimate of drug-likeness (QED) is 0.899. The predicted molar refractivity (Wildman–Crippen MR) is 79.4 cm³/mol. The van der Waals surface area contributed by atoms with Crippen molar-refractivity contribution in [1.82, 2.24) is 14.9 Å². The zero-order valence-corrected chi connectivity index (χ0v) is 12.8. The maximum absolute atomic E-state index is 12.6. The molecule has 110 valence electrons. The standard InChI is InChI=1S/C15H24N4O/c1-9(2)14-17-6-12(16)13(18-14)15(20)19-7-10(3)5-11(4)8-19/h6,9-11H,5,7-8,16H2,1-4H3. The van der Waals surface area contributed by atoms with Gasteiger partial charge in [-0.15, -0.1) is 0 Å². The fraction of sp³-hybridized carbons (Fsp3) is 0.667. The number of hydrogen-bond acceptors (Lipinski definition) is 4. The van der Waals surface area contributed by atoms with Gasteiger partial charge >= 0.3 is 0 Å². The zero-order valence-electron chi connectivity index (χ0n) is 12.8. The molecule has 0 aliphatic carbocycles. The highest BCUT2D eigenvalue weighted by Gasteiger charge is 2.28. The van der Waals surface area contributed by atoms with E-state index in [1.54, 1.807) is 6.20 Å². The van der Waals surface area contributed by atoms with Crippen molar-refractivity contribution in [2.75, 3.05) is 18.8 Å². The summed E-state index contributed by atoms with van der Waals surface area (Å²) in [4.78, 5) is 23.1. The molecular formula is C15H24N4O. The third-order valence-electron chi connectivity index (χ3n) is 3.71. The van der Waals surface area contributed by atoms with Crippen LogP contribution >= 0.6 is 0 Å². The Labute approximate surface area is 120 Å². The molecule has 20 heavy (non-hydrogen) atoms. The zero-order chi connectivity index (χ0) is 14.9. The number of amides is 1. The summed E-state index contributed by atoms with van der Waals surface area (Å²) in [5.74, 6) is 1.83. The molecule has 5 nitrogen and oxygen atoms in total. The number of nitrogens with zero attached hydrogens (tertiary/aromatic N) is 3. The van der Waals surface area contributed by atoms with Crippen molar-refractivity contribution in [3.05, 3.63) is 17.7 Å². The second kappa shape index (κ2) is 5.77. The number of carbonyl (C=O) groups is 1. The van der Waals surface area contributed by atoms with Gasteiger partial charge in [0.25, 0.3) is 5.91 Å². The largest absolute Gasteiger partial charge is 0.396 e. The topological polar surface area (TPSA) is 72.1 Å². The monoisotopic (exact) mass is 276 g/mol. The van der Waals surface area contributed by atoms with E-state index in [-0.39, 0.29) is 11.8 Å². The second-order valence-corrected chi connectivity index (χ2v) is 6.34. The van der Waals surface area contributed by atoms with Crippen LogP contribution in [0.4, 0.5) is 5.69 Å². The molecule has 1 amide bonds. The Morgan fingerprint density at radius 3 is 2.50 bits per heavy atom. The number of rotatable bonds is 2. The van der Waals surface area contributed by atoms with Crippen molar-refractivity contribution < 1.29 is 4.79 Å². The first-order chi connectivity index (χ1) is 9.38. The van der Waals surface area contributed by atoms with E-state index < -0.39 is 0 Å². The smallest absolute Gasteiger partial charge is 0.274 e. The normalized spacial score (nSPS) is 23.1. The fourth-order valence-corrected chi connectivity index (χ4v) is 2.83. The van der Waals surface area contributed by atoms with Crippen LogP contribution in [0.5, 0.6) is 0 Å². The van der Waals surface area contributed by atoms with E-state index in [0.717, 1.165) is 13.1 Å². The van der Waals surface area contributed by atoms with Crippen molar-refractivity contribution >= 4 is 11.6 Å².